The van der Waals surface area contributed by atoms with Crippen molar-refractivity contribution >= 4 is 33.9 Å². The molecule has 1 N–H and O–H groups in total. The van der Waals surface area contributed by atoms with Crippen molar-refractivity contribution in [1.29, 1.82) is 0 Å². The Bertz CT molecular complexity index is 1020. The van der Waals surface area contributed by atoms with Crippen LogP contribution in [0.15, 0.2) is 134 Å². The normalized spacial score (nSPS) is 11.1. The molecule has 0 unspecified atom stereocenters. The molecule has 178 valence electrons. The Hall–Kier alpha value is -3.89. The lowest BCUT2D eigenvalue weighted by molar-refractivity contribution is -0.872. The third-order valence-corrected chi connectivity index (χ3v) is 6.11. The third kappa shape index (κ3) is 6.59. The lowest BCUT2D eigenvalue weighted by atomic mass is 9.13. The van der Waals surface area contributed by atoms with E-state index in [2.05, 4.69) is 133 Å². The molecule has 0 aliphatic rings. The quantitative estimate of drug-likeness (QED) is 0.195. The summed E-state index contributed by atoms with van der Waals surface area (Å²) in [4.78, 5) is 10.6. The number of amides is 1. The summed E-state index contributed by atoms with van der Waals surface area (Å²) in [6.07, 6.45) is 0.0579. The monoisotopic (exact) mass is 462 g/mol. The highest BCUT2D eigenvalue weighted by atomic mass is 16.1. The third-order valence-electron chi connectivity index (χ3n) is 6.11. The number of nitrogens with one attached hydrogen (secondary N) is 1. The second kappa shape index (κ2) is 12.0. The van der Waals surface area contributed by atoms with E-state index in [1.807, 2.05) is 21.1 Å². The van der Waals surface area contributed by atoms with E-state index in [0.717, 1.165) is 4.48 Å². The molecular formula is C31H35BN2O. The van der Waals surface area contributed by atoms with Gasteiger partial charge in [-0.05, 0) is 6.08 Å². The summed E-state index contributed by atoms with van der Waals surface area (Å²) in [5.41, 5.74) is 5.36. The topological polar surface area (TPSA) is 29.1 Å². The van der Waals surface area contributed by atoms with Gasteiger partial charge in [0.15, 0.2) is 6.67 Å². The van der Waals surface area contributed by atoms with Gasteiger partial charge in [0.1, 0.15) is 6.15 Å². The fraction of sp³-hybridized carbons (Fsp3) is 0.129. The minimum absolute atomic E-state index is 0.118. The summed E-state index contributed by atoms with van der Waals surface area (Å²) < 4.78 is 0.722. The van der Waals surface area contributed by atoms with Crippen molar-refractivity contribution in [3.05, 3.63) is 134 Å². The molecule has 0 saturated carbocycles. The predicted molar refractivity (Wildman–Crippen MR) is 151 cm³/mol. The van der Waals surface area contributed by atoms with Crippen LogP contribution >= 0.6 is 0 Å². The Morgan fingerprint density at radius 1 is 0.657 bits per heavy atom. The van der Waals surface area contributed by atoms with E-state index in [1.165, 1.54) is 27.9 Å². The Balaban J connectivity index is 0.000000292. The van der Waals surface area contributed by atoms with Gasteiger partial charge in [0, 0.05) is 0 Å². The molecule has 0 fully saturated rings. The van der Waals surface area contributed by atoms with Gasteiger partial charge in [-0.1, -0.05) is 128 Å². The van der Waals surface area contributed by atoms with Gasteiger partial charge in [0.25, 0.3) is 0 Å². The van der Waals surface area contributed by atoms with Crippen LogP contribution < -0.4 is 27.2 Å². The summed E-state index contributed by atoms with van der Waals surface area (Å²) in [5.74, 6) is -0.118. The average molecular weight is 462 g/mol. The van der Waals surface area contributed by atoms with Gasteiger partial charge in [-0.2, -0.15) is 21.9 Å². The SMILES string of the molecule is C=CC(=O)NC[N+](C)(C)C.c1ccc([B-](c2ccccc2)(c2ccccc2)c2ccccc2)cc1. The molecule has 4 aromatic rings. The predicted octanol–water partition coefficient (Wildman–Crippen LogP) is 3.02. The van der Waals surface area contributed by atoms with Gasteiger partial charge in [0.05, 0.1) is 21.1 Å². The molecule has 0 spiro atoms. The van der Waals surface area contributed by atoms with Crippen LogP contribution in [0.5, 0.6) is 0 Å². The molecule has 0 saturated heterocycles. The first-order chi connectivity index (χ1) is 16.9. The van der Waals surface area contributed by atoms with Crippen molar-refractivity contribution in [3.8, 4) is 0 Å². The summed E-state index contributed by atoms with van der Waals surface area (Å²) in [5, 5.41) is 2.69. The highest BCUT2D eigenvalue weighted by molar-refractivity contribution is 7.19. The Morgan fingerprint density at radius 3 is 1.17 bits per heavy atom. The lowest BCUT2D eigenvalue weighted by Crippen LogP contribution is -2.74. The molecule has 0 aliphatic heterocycles. The Kier molecular flexibility index (Phi) is 8.83. The minimum Gasteiger partial charge on any atom is -0.314 e. The summed E-state index contributed by atoms with van der Waals surface area (Å²) in [7, 11) is 6.01. The van der Waals surface area contributed by atoms with Crippen LogP contribution in [-0.2, 0) is 4.79 Å². The fourth-order valence-corrected chi connectivity index (χ4v) is 4.51. The van der Waals surface area contributed by atoms with Crippen molar-refractivity contribution in [3.63, 3.8) is 0 Å². The largest absolute Gasteiger partial charge is 0.314 e. The van der Waals surface area contributed by atoms with Crippen LogP contribution in [0.2, 0.25) is 0 Å². The molecular weight excluding hydrogens is 427 g/mol. The van der Waals surface area contributed by atoms with Gasteiger partial charge >= 0.3 is 0 Å². The maximum atomic E-state index is 10.6. The molecule has 4 aromatic carbocycles. The van der Waals surface area contributed by atoms with Gasteiger partial charge in [0.2, 0.25) is 5.91 Å². The number of nitrogens with zero attached hydrogens (tertiary/aromatic N) is 1. The molecule has 0 atom stereocenters. The van der Waals surface area contributed by atoms with Gasteiger partial charge in [-0.25, -0.2) is 0 Å². The zero-order chi connectivity index (χ0) is 25.2. The van der Waals surface area contributed by atoms with Crippen molar-refractivity contribution in [2.45, 2.75) is 0 Å². The summed E-state index contributed by atoms with van der Waals surface area (Å²) >= 11 is 0. The number of carbonyl (C=O) groups is 1. The van der Waals surface area contributed by atoms with Crippen LogP contribution in [-0.4, -0.2) is 44.3 Å². The van der Waals surface area contributed by atoms with E-state index in [1.54, 1.807) is 0 Å². The van der Waals surface area contributed by atoms with Crippen molar-refractivity contribution < 1.29 is 9.28 Å². The number of rotatable bonds is 7. The van der Waals surface area contributed by atoms with Crippen LogP contribution in [0.1, 0.15) is 0 Å². The van der Waals surface area contributed by atoms with E-state index < -0.39 is 6.15 Å². The molecule has 3 nitrogen and oxygen atoms in total. The van der Waals surface area contributed by atoms with E-state index in [0.29, 0.717) is 6.67 Å². The number of hydrogen-bond acceptors (Lipinski definition) is 1. The van der Waals surface area contributed by atoms with Crippen LogP contribution in [0, 0.1) is 0 Å². The Labute approximate surface area is 210 Å². The van der Waals surface area contributed by atoms with E-state index in [-0.39, 0.29) is 5.91 Å². The fourth-order valence-electron chi connectivity index (χ4n) is 4.51. The number of hydrogen-bond donors (Lipinski definition) is 1. The smallest absolute Gasteiger partial charge is 0.247 e. The van der Waals surface area contributed by atoms with E-state index in [4.69, 9.17) is 0 Å². The minimum atomic E-state index is -1.22. The summed E-state index contributed by atoms with van der Waals surface area (Å²) in [6, 6.07) is 43.5. The van der Waals surface area contributed by atoms with Gasteiger partial charge in [-0.3, -0.25) is 4.79 Å². The number of benzene rings is 4. The van der Waals surface area contributed by atoms with Crippen LogP contribution in [0.25, 0.3) is 0 Å². The maximum Gasteiger partial charge on any atom is 0.247 e. The first-order valence-corrected chi connectivity index (χ1v) is 12.0. The zero-order valence-corrected chi connectivity index (χ0v) is 21.0. The van der Waals surface area contributed by atoms with Crippen molar-refractivity contribution in [2.75, 3.05) is 27.8 Å². The molecule has 4 rings (SSSR count). The standard InChI is InChI=1S/C24H20B.C7H14N2O/c1-5-13-21(14-6-1)25(22-15-7-2-8-16-22,23-17-9-3-10-18-23)24-19-11-4-12-20-24;1-5-7(10)8-6-9(2,3)4/h1-20H;5H,1,6H2,2-4H3/q-1;/p+1. The zero-order valence-electron chi connectivity index (χ0n) is 21.0. The molecule has 4 heteroatoms. The number of carbonyl (C=O) groups excluding carboxylic acids is 1. The first-order valence-electron chi connectivity index (χ1n) is 12.0. The maximum absolute atomic E-state index is 10.6. The van der Waals surface area contributed by atoms with Crippen LogP contribution in [0.4, 0.5) is 0 Å². The number of quaternary nitrogens is 1. The van der Waals surface area contributed by atoms with Crippen molar-refractivity contribution in [1.82, 2.24) is 5.32 Å². The average Bonchev–Trinajstić information content (AvgIpc) is 2.90. The Morgan fingerprint density at radius 2 is 0.943 bits per heavy atom. The molecule has 0 aromatic heterocycles. The van der Waals surface area contributed by atoms with Crippen LogP contribution in [0.3, 0.4) is 0 Å². The highest BCUT2D eigenvalue weighted by Crippen LogP contribution is 2.09. The first kappa shape index (κ1) is 25.7. The van der Waals surface area contributed by atoms with E-state index >= 15 is 0 Å². The second-order valence-electron chi connectivity index (χ2n) is 9.70. The second-order valence-corrected chi connectivity index (χ2v) is 9.70. The molecule has 0 aliphatic carbocycles. The molecule has 35 heavy (non-hydrogen) atoms. The molecule has 0 heterocycles. The van der Waals surface area contributed by atoms with Crippen molar-refractivity contribution in [2.24, 2.45) is 0 Å². The highest BCUT2D eigenvalue weighted by Gasteiger charge is 2.31. The molecule has 1 amide bonds. The van der Waals surface area contributed by atoms with E-state index in [9.17, 15) is 4.79 Å². The van der Waals surface area contributed by atoms with Gasteiger partial charge in [-0.15, -0.1) is 0 Å². The summed E-state index contributed by atoms with van der Waals surface area (Å²) in [6.45, 7) is 3.97. The molecule has 0 radical (unpaired) electrons. The lowest BCUT2D eigenvalue weighted by Gasteiger charge is -2.44. The van der Waals surface area contributed by atoms with Gasteiger partial charge < -0.3 is 9.80 Å². The molecule has 0 bridgehead atoms.